The lowest BCUT2D eigenvalue weighted by molar-refractivity contribution is -0.385. The van der Waals surface area contributed by atoms with Crippen LogP contribution in [0.25, 0.3) is 0 Å². The number of carbonyl (C=O) groups is 1. The minimum Gasteiger partial charge on any atom is -0.465 e. The van der Waals surface area contributed by atoms with Gasteiger partial charge in [-0.3, -0.25) is 10.1 Å². The molecular formula is C35H37NO4. The molecule has 0 radical (unpaired) electrons. The van der Waals surface area contributed by atoms with Gasteiger partial charge in [0.15, 0.2) is 0 Å². The molecule has 0 amide bonds. The summed E-state index contributed by atoms with van der Waals surface area (Å²) in [4.78, 5) is 22.9. The quantitative estimate of drug-likeness (QED) is 0.0816. The Morgan fingerprint density at radius 2 is 1.32 bits per heavy atom. The highest BCUT2D eigenvalue weighted by atomic mass is 16.6. The molecule has 0 bridgehead atoms. The number of rotatable bonds is 11. The van der Waals surface area contributed by atoms with Crippen LogP contribution < -0.4 is 0 Å². The lowest BCUT2D eigenvalue weighted by atomic mass is 10.0. The highest BCUT2D eigenvalue weighted by Gasteiger charge is 2.15. The number of hydrogen-bond acceptors (Lipinski definition) is 4. The molecule has 0 atom stereocenters. The molecule has 3 aromatic carbocycles. The summed E-state index contributed by atoms with van der Waals surface area (Å²) >= 11 is 0. The first kappa shape index (κ1) is 30.2. The Labute approximate surface area is 238 Å². The van der Waals surface area contributed by atoms with Gasteiger partial charge in [-0.1, -0.05) is 87.7 Å². The van der Waals surface area contributed by atoms with E-state index in [1.807, 2.05) is 19.1 Å². The molecule has 206 valence electrons. The van der Waals surface area contributed by atoms with E-state index in [0.29, 0.717) is 22.3 Å². The largest absolute Gasteiger partial charge is 0.465 e. The Hall–Kier alpha value is -4.35. The van der Waals surface area contributed by atoms with E-state index >= 15 is 0 Å². The topological polar surface area (TPSA) is 69.4 Å². The molecule has 0 aliphatic carbocycles. The zero-order valence-electron chi connectivity index (χ0n) is 23.7. The van der Waals surface area contributed by atoms with Crippen molar-refractivity contribution in [1.82, 2.24) is 0 Å². The first-order chi connectivity index (χ1) is 19.4. The molecule has 5 nitrogen and oxygen atoms in total. The van der Waals surface area contributed by atoms with Gasteiger partial charge in [-0.05, 0) is 73.4 Å². The van der Waals surface area contributed by atoms with E-state index in [1.165, 1.54) is 70.1 Å². The number of methoxy groups -OCH3 is 1. The predicted molar refractivity (Wildman–Crippen MR) is 160 cm³/mol. The summed E-state index contributed by atoms with van der Waals surface area (Å²) in [6.07, 6.45) is 11.6. The highest BCUT2D eigenvalue weighted by molar-refractivity contribution is 5.89. The molecule has 0 aromatic heterocycles. The normalized spacial score (nSPS) is 10.2. The van der Waals surface area contributed by atoms with Crippen molar-refractivity contribution in [1.29, 1.82) is 0 Å². The number of carbonyl (C=O) groups excluding carboxylic acids is 1. The van der Waals surface area contributed by atoms with Crippen molar-refractivity contribution < 1.29 is 14.5 Å². The van der Waals surface area contributed by atoms with Crippen LogP contribution >= 0.6 is 0 Å². The molecule has 5 heteroatoms. The summed E-state index contributed by atoms with van der Waals surface area (Å²) in [5, 5.41) is 11.8. The van der Waals surface area contributed by atoms with Crippen LogP contribution in [0.2, 0.25) is 0 Å². The van der Waals surface area contributed by atoms with Crippen LogP contribution in [0.5, 0.6) is 0 Å². The molecule has 3 aromatic rings. The van der Waals surface area contributed by atoms with Crippen LogP contribution in [0.4, 0.5) is 5.69 Å². The van der Waals surface area contributed by atoms with Gasteiger partial charge >= 0.3 is 5.97 Å². The summed E-state index contributed by atoms with van der Waals surface area (Å²) in [5.41, 5.74) is 4.87. The molecule has 3 rings (SSSR count). The smallest absolute Gasteiger partial charge is 0.337 e. The lowest BCUT2D eigenvalue weighted by Crippen LogP contribution is -2.00. The molecule has 0 N–H and O–H groups in total. The number of nitro groups is 1. The van der Waals surface area contributed by atoms with E-state index in [9.17, 15) is 14.9 Å². The third-order valence-electron chi connectivity index (χ3n) is 6.80. The summed E-state index contributed by atoms with van der Waals surface area (Å²) in [7, 11) is 1.32. The number of nitro benzene ring substituents is 1. The number of benzene rings is 3. The van der Waals surface area contributed by atoms with Crippen LogP contribution in [0.1, 0.15) is 102 Å². The van der Waals surface area contributed by atoms with Crippen molar-refractivity contribution in [3.05, 3.63) is 110 Å². The first-order valence-corrected chi connectivity index (χ1v) is 14.0. The maximum Gasteiger partial charge on any atom is 0.337 e. The number of nitrogens with zero attached hydrogens (tertiary/aromatic N) is 1. The first-order valence-electron chi connectivity index (χ1n) is 14.0. The standard InChI is InChI=1S/C35H37NO4/c1-4-5-6-7-8-9-10-11-12-28-13-15-29(16-14-28)19-23-32-26-34(36(38)39)33(25-27(32)2)24-20-30-17-21-31(22-18-30)35(37)40-3/h13-18,21-22,25-26H,4-12H2,1-3H3. The Morgan fingerprint density at radius 3 is 1.90 bits per heavy atom. The second-order valence-electron chi connectivity index (χ2n) is 9.93. The van der Waals surface area contributed by atoms with Crippen molar-refractivity contribution in [3.63, 3.8) is 0 Å². The SMILES string of the molecule is CCCCCCCCCCc1ccc(C#Cc2cc([N+](=O)[O-])c(C#Cc3ccc(C(=O)OC)cc3)cc2C)cc1. The van der Waals surface area contributed by atoms with Crippen molar-refractivity contribution >= 4 is 11.7 Å². The van der Waals surface area contributed by atoms with E-state index < -0.39 is 10.9 Å². The van der Waals surface area contributed by atoms with E-state index in [2.05, 4.69) is 42.7 Å². The minimum absolute atomic E-state index is 0.0886. The number of ether oxygens (including phenoxy) is 1. The number of unbranched alkanes of at least 4 members (excludes halogenated alkanes) is 7. The van der Waals surface area contributed by atoms with Gasteiger partial charge < -0.3 is 4.74 Å². The molecule has 0 fully saturated rings. The molecule has 40 heavy (non-hydrogen) atoms. The Morgan fingerprint density at radius 1 is 0.775 bits per heavy atom. The van der Waals surface area contributed by atoms with Gasteiger partial charge in [-0.15, -0.1) is 0 Å². The fourth-order valence-corrected chi connectivity index (χ4v) is 4.39. The summed E-state index contributed by atoms with van der Waals surface area (Å²) < 4.78 is 4.70. The Kier molecular flexibility index (Phi) is 12.0. The van der Waals surface area contributed by atoms with Crippen LogP contribution in [0.15, 0.2) is 60.7 Å². The second-order valence-corrected chi connectivity index (χ2v) is 9.93. The van der Waals surface area contributed by atoms with Crippen molar-refractivity contribution in [3.8, 4) is 23.7 Å². The Bertz CT molecular complexity index is 1410. The predicted octanol–water partition coefficient (Wildman–Crippen LogP) is 8.17. The monoisotopic (exact) mass is 535 g/mol. The van der Waals surface area contributed by atoms with Gasteiger partial charge in [0.25, 0.3) is 5.69 Å². The highest BCUT2D eigenvalue weighted by Crippen LogP contribution is 2.23. The van der Waals surface area contributed by atoms with Crippen LogP contribution in [-0.2, 0) is 11.2 Å². The van der Waals surface area contributed by atoms with Gasteiger partial charge in [0.1, 0.15) is 5.56 Å². The van der Waals surface area contributed by atoms with Crippen LogP contribution in [0.3, 0.4) is 0 Å². The van der Waals surface area contributed by atoms with Gasteiger partial charge in [0, 0.05) is 22.8 Å². The average molecular weight is 536 g/mol. The van der Waals surface area contributed by atoms with Crippen molar-refractivity contribution in [2.75, 3.05) is 7.11 Å². The van der Waals surface area contributed by atoms with Gasteiger partial charge in [0.05, 0.1) is 17.6 Å². The lowest BCUT2D eigenvalue weighted by Gasteiger charge is -2.03. The number of hydrogen-bond donors (Lipinski definition) is 0. The van der Waals surface area contributed by atoms with E-state index in [1.54, 1.807) is 30.3 Å². The Balaban J connectivity index is 1.64. The van der Waals surface area contributed by atoms with Gasteiger partial charge in [-0.2, -0.15) is 0 Å². The zero-order chi connectivity index (χ0) is 28.7. The molecule has 0 spiro atoms. The third-order valence-corrected chi connectivity index (χ3v) is 6.80. The molecular weight excluding hydrogens is 498 g/mol. The average Bonchev–Trinajstić information content (AvgIpc) is 2.97. The summed E-state index contributed by atoms with van der Waals surface area (Å²) in [5.74, 6) is 11.7. The third kappa shape index (κ3) is 9.44. The van der Waals surface area contributed by atoms with E-state index in [0.717, 1.165) is 17.5 Å². The van der Waals surface area contributed by atoms with Crippen molar-refractivity contribution in [2.24, 2.45) is 0 Å². The second kappa shape index (κ2) is 15.9. The fourth-order valence-electron chi connectivity index (χ4n) is 4.39. The molecule has 0 unspecified atom stereocenters. The van der Waals surface area contributed by atoms with Gasteiger partial charge in [-0.25, -0.2) is 4.79 Å². The molecule has 0 heterocycles. The fraction of sp³-hybridized carbons (Fsp3) is 0.343. The number of esters is 1. The van der Waals surface area contributed by atoms with E-state index in [-0.39, 0.29) is 5.69 Å². The number of aryl methyl sites for hydroxylation is 2. The molecule has 0 aliphatic rings. The van der Waals surface area contributed by atoms with Crippen LogP contribution in [0, 0.1) is 40.7 Å². The van der Waals surface area contributed by atoms with E-state index in [4.69, 9.17) is 4.74 Å². The van der Waals surface area contributed by atoms with Crippen LogP contribution in [-0.4, -0.2) is 18.0 Å². The van der Waals surface area contributed by atoms with Crippen molar-refractivity contribution in [2.45, 2.75) is 71.6 Å². The maximum atomic E-state index is 11.8. The summed E-state index contributed by atoms with van der Waals surface area (Å²) in [6.45, 7) is 4.12. The molecule has 0 saturated heterocycles. The zero-order valence-corrected chi connectivity index (χ0v) is 23.7. The molecule has 0 aliphatic heterocycles. The minimum atomic E-state index is -0.436. The summed E-state index contributed by atoms with van der Waals surface area (Å²) in [6, 6.07) is 18.0. The maximum absolute atomic E-state index is 11.8. The molecule has 0 saturated carbocycles. The van der Waals surface area contributed by atoms with Gasteiger partial charge in [0.2, 0.25) is 0 Å².